The number of hydrogen-bond donors (Lipinski definition) is 0. The van der Waals surface area contributed by atoms with Crippen molar-refractivity contribution in [1.29, 1.82) is 0 Å². The van der Waals surface area contributed by atoms with Crippen molar-refractivity contribution in [3.8, 4) is 0 Å². The molecule has 2 unspecified atom stereocenters. The van der Waals surface area contributed by atoms with E-state index >= 15 is 0 Å². The van der Waals surface area contributed by atoms with Crippen molar-refractivity contribution >= 4 is 5.97 Å². The van der Waals surface area contributed by atoms with Gasteiger partial charge in [-0.2, -0.15) is 0 Å². The predicted octanol–water partition coefficient (Wildman–Crippen LogP) is 5.36. The van der Waals surface area contributed by atoms with Gasteiger partial charge < -0.3 is 4.74 Å². The van der Waals surface area contributed by atoms with Gasteiger partial charge in [0.1, 0.15) is 6.10 Å². The lowest BCUT2D eigenvalue weighted by Gasteiger charge is -2.25. The molecular formula is C20H30O2. The van der Waals surface area contributed by atoms with Gasteiger partial charge in [-0.1, -0.05) is 37.1 Å². The molecule has 0 radical (unpaired) electrons. The molecule has 0 aromatic heterocycles. The van der Waals surface area contributed by atoms with Gasteiger partial charge in [0.05, 0.1) is 0 Å². The molecule has 2 heteroatoms. The molecule has 0 aromatic carbocycles. The molecule has 1 aliphatic carbocycles. The molecule has 2 aliphatic rings. The Balaban J connectivity index is 2.19. The van der Waals surface area contributed by atoms with Crippen LogP contribution in [0.5, 0.6) is 0 Å². The van der Waals surface area contributed by atoms with Crippen LogP contribution in [0, 0.1) is 11.8 Å². The van der Waals surface area contributed by atoms with Gasteiger partial charge in [-0.3, -0.25) is 0 Å². The SMILES string of the molecule is CC1=CCCC2=CC(OC2=O)C(C(C)C)CCC(C)=CCC1. The van der Waals surface area contributed by atoms with Crippen LogP contribution in [0.15, 0.2) is 34.9 Å². The average Bonchev–Trinajstić information content (AvgIpc) is 2.79. The van der Waals surface area contributed by atoms with E-state index in [0.29, 0.717) is 11.8 Å². The third-order valence-electron chi connectivity index (χ3n) is 4.96. The molecule has 2 nitrogen and oxygen atoms in total. The first-order chi connectivity index (χ1) is 10.5. The van der Waals surface area contributed by atoms with Gasteiger partial charge in [-0.25, -0.2) is 4.79 Å². The van der Waals surface area contributed by atoms with E-state index in [2.05, 4.69) is 45.9 Å². The smallest absolute Gasteiger partial charge is 0.334 e. The Bertz CT molecular complexity index is 494. The lowest BCUT2D eigenvalue weighted by atomic mass is 9.84. The fourth-order valence-corrected chi connectivity index (χ4v) is 3.39. The molecule has 0 amide bonds. The first-order valence-corrected chi connectivity index (χ1v) is 8.70. The highest BCUT2D eigenvalue weighted by molar-refractivity contribution is 5.90. The molecule has 0 spiro atoms. The lowest BCUT2D eigenvalue weighted by Crippen LogP contribution is -2.25. The number of fused-ring (bicyclic) bond motifs is 1. The lowest BCUT2D eigenvalue weighted by molar-refractivity contribution is -0.142. The molecule has 1 aliphatic heterocycles. The molecule has 0 aromatic rings. The second kappa shape index (κ2) is 7.80. The van der Waals surface area contributed by atoms with Gasteiger partial charge in [0.15, 0.2) is 0 Å². The van der Waals surface area contributed by atoms with Gasteiger partial charge >= 0.3 is 5.97 Å². The Morgan fingerprint density at radius 2 is 1.68 bits per heavy atom. The standard InChI is InChI=1S/C20H30O2/c1-14(2)18-12-11-16(4)8-5-7-15(3)9-6-10-17-13-19(18)22-20(17)21/h8-9,13-14,18-19H,5-7,10-12H2,1-4H3. The Labute approximate surface area is 135 Å². The minimum atomic E-state index is -0.0937. The normalized spacial score (nSPS) is 27.7. The Morgan fingerprint density at radius 1 is 1.05 bits per heavy atom. The van der Waals surface area contributed by atoms with E-state index in [1.165, 1.54) is 11.1 Å². The summed E-state index contributed by atoms with van der Waals surface area (Å²) in [6.07, 6.45) is 12.9. The van der Waals surface area contributed by atoms with Crippen molar-refractivity contribution in [3.05, 3.63) is 34.9 Å². The Hall–Kier alpha value is -1.31. The minimum absolute atomic E-state index is 0.0247. The van der Waals surface area contributed by atoms with Crippen LogP contribution < -0.4 is 0 Å². The molecular weight excluding hydrogens is 272 g/mol. The third kappa shape index (κ3) is 4.59. The van der Waals surface area contributed by atoms with Crippen molar-refractivity contribution in [1.82, 2.24) is 0 Å². The molecule has 1 heterocycles. The maximum absolute atomic E-state index is 12.1. The summed E-state index contributed by atoms with van der Waals surface area (Å²) in [6, 6.07) is 0. The summed E-state index contributed by atoms with van der Waals surface area (Å²) in [7, 11) is 0. The monoisotopic (exact) mass is 302 g/mol. The van der Waals surface area contributed by atoms with Crippen LogP contribution in [0.25, 0.3) is 0 Å². The summed E-state index contributed by atoms with van der Waals surface area (Å²) in [5.41, 5.74) is 3.76. The van der Waals surface area contributed by atoms with E-state index < -0.39 is 0 Å². The Morgan fingerprint density at radius 3 is 2.36 bits per heavy atom. The van der Waals surface area contributed by atoms with Crippen molar-refractivity contribution in [2.75, 3.05) is 0 Å². The molecule has 2 bridgehead atoms. The fraction of sp³-hybridized carbons (Fsp3) is 0.650. The van der Waals surface area contributed by atoms with Crippen molar-refractivity contribution in [2.45, 2.75) is 72.3 Å². The van der Waals surface area contributed by atoms with Gasteiger partial charge in [-0.15, -0.1) is 0 Å². The molecule has 0 fully saturated rings. The van der Waals surface area contributed by atoms with Crippen LogP contribution in [-0.2, 0) is 9.53 Å². The number of hydrogen-bond acceptors (Lipinski definition) is 2. The van der Waals surface area contributed by atoms with Gasteiger partial charge in [0, 0.05) is 11.5 Å². The first-order valence-electron chi connectivity index (χ1n) is 8.70. The fourth-order valence-electron chi connectivity index (χ4n) is 3.39. The number of carbonyl (C=O) groups excluding carboxylic acids is 1. The third-order valence-corrected chi connectivity index (χ3v) is 4.96. The summed E-state index contributed by atoms with van der Waals surface area (Å²) < 4.78 is 5.66. The molecule has 0 saturated carbocycles. The van der Waals surface area contributed by atoms with E-state index in [1.807, 2.05) is 0 Å². The van der Waals surface area contributed by atoms with E-state index in [9.17, 15) is 4.79 Å². The van der Waals surface area contributed by atoms with Crippen LogP contribution in [-0.4, -0.2) is 12.1 Å². The highest BCUT2D eigenvalue weighted by Gasteiger charge is 2.32. The van der Waals surface area contributed by atoms with Crippen LogP contribution in [0.4, 0.5) is 0 Å². The molecule has 0 N–H and O–H groups in total. The summed E-state index contributed by atoms with van der Waals surface area (Å²) >= 11 is 0. The van der Waals surface area contributed by atoms with Gasteiger partial charge in [0.25, 0.3) is 0 Å². The summed E-state index contributed by atoms with van der Waals surface area (Å²) in [6.45, 7) is 8.88. The van der Waals surface area contributed by atoms with Gasteiger partial charge in [0.2, 0.25) is 0 Å². The summed E-state index contributed by atoms with van der Waals surface area (Å²) in [4.78, 5) is 12.1. The molecule has 2 rings (SSSR count). The quantitative estimate of drug-likeness (QED) is 0.481. The van der Waals surface area contributed by atoms with Crippen molar-refractivity contribution in [2.24, 2.45) is 11.8 Å². The largest absolute Gasteiger partial charge is 0.454 e. The molecule has 0 saturated heterocycles. The van der Waals surface area contributed by atoms with Gasteiger partial charge in [-0.05, 0) is 64.4 Å². The van der Waals surface area contributed by atoms with Crippen LogP contribution in [0.1, 0.15) is 66.2 Å². The zero-order chi connectivity index (χ0) is 16.1. The van der Waals surface area contributed by atoms with Crippen LogP contribution >= 0.6 is 0 Å². The molecule has 2 atom stereocenters. The number of carbonyl (C=O) groups is 1. The van der Waals surface area contributed by atoms with Crippen LogP contribution in [0.3, 0.4) is 0 Å². The number of ether oxygens (including phenoxy) is 1. The zero-order valence-electron chi connectivity index (χ0n) is 14.5. The average molecular weight is 302 g/mol. The second-order valence-corrected chi connectivity index (χ2v) is 7.19. The first kappa shape index (κ1) is 17.1. The maximum Gasteiger partial charge on any atom is 0.334 e. The Kier molecular flexibility index (Phi) is 6.05. The number of rotatable bonds is 1. The predicted molar refractivity (Wildman–Crippen MR) is 91.5 cm³/mol. The minimum Gasteiger partial charge on any atom is -0.454 e. The number of allylic oxidation sites excluding steroid dienone is 4. The molecule has 122 valence electrons. The second-order valence-electron chi connectivity index (χ2n) is 7.19. The van der Waals surface area contributed by atoms with Crippen LogP contribution in [0.2, 0.25) is 0 Å². The molecule has 22 heavy (non-hydrogen) atoms. The van der Waals surface area contributed by atoms with Crippen molar-refractivity contribution in [3.63, 3.8) is 0 Å². The van der Waals surface area contributed by atoms with Crippen molar-refractivity contribution < 1.29 is 9.53 Å². The van der Waals surface area contributed by atoms with E-state index in [1.54, 1.807) is 0 Å². The van der Waals surface area contributed by atoms with E-state index in [0.717, 1.165) is 44.1 Å². The topological polar surface area (TPSA) is 26.3 Å². The zero-order valence-corrected chi connectivity index (χ0v) is 14.5. The van der Waals surface area contributed by atoms with E-state index in [4.69, 9.17) is 4.74 Å². The van der Waals surface area contributed by atoms with E-state index in [-0.39, 0.29) is 12.1 Å². The number of esters is 1. The highest BCUT2D eigenvalue weighted by atomic mass is 16.5. The maximum atomic E-state index is 12.1. The summed E-state index contributed by atoms with van der Waals surface area (Å²) in [5.74, 6) is 0.852. The summed E-state index contributed by atoms with van der Waals surface area (Å²) in [5, 5.41) is 0. The highest BCUT2D eigenvalue weighted by Crippen LogP contribution is 2.32.